The zero-order valence-corrected chi connectivity index (χ0v) is 21.0. The molecule has 0 fully saturated rings. The van der Waals surface area contributed by atoms with Crippen LogP contribution in [0.3, 0.4) is 0 Å². The number of guanidine groups is 1. The lowest BCUT2D eigenvalue weighted by Gasteiger charge is -2.24. The minimum Gasteiger partial charge on any atom is -0.480 e. The molecule has 0 aromatic rings. The zero-order chi connectivity index (χ0) is 27.7. The smallest absolute Gasteiger partial charge is 0.326 e. The topological polar surface area (TPSA) is 284 Å². The fraction of sp³-hybridized carbons (Fsp3) is 0.700. The highest BCUT2D eigenvalue weighted by Crippen LogP contribution is 2.05. The van der Waals surface area contributed by atoms with Crippen molar-refractivity contribution >= 4 is 48.2 Å². The molecule has 0 bridgehead atoms. The molecule has 0 radical (unpaired) electrons. The molecule has 0 aliphatic carbocycles. The quantitative estimate of drug-likeness (QED) is 0.0334. The number of aliphatic carboxylic acids is 1. The van der Waals surface area contributed by atoms with E-state index in [9.17, 15) is 29.1 Å². The van der Waals surface area contributed by atoms with Crippen LogP contribution in [0.5, 0.6) is 0 Å². The van der Waals surface area contributed by atoms with E-state index in [-0.39, 0.29) is 50.4 Å². The molecular formula is C20H39N9O6S. The van der Waals surface area contributed by atoms with E-state index in [0.717, 1.165) is 0 Å². The van der Waals surface area contributed by atoms with E-state index < -0.39 is 53.8 Å². The van der Waals surface area contributed by atoms with Crippen LogP contribution in [0.2, 0.25) is 0 Å². The summed E-state index contributed by atoms with van der Waals surface area (Å²) in [6, 6.07) is -4.57. The molecule has 4 unspecified atom stereocenters. The van der Waals surface area contributed by atoms with Gasteiger partial charge in [0.2, 0.25) is 23.6 Å². The summed E-state index contributed by atoms with van der Waals surface area (Å²) in [5.41, 5.74) is 26.8. The predicted octanol–water partition coefficient (Wildman–Crippen LogP) is -3.77. The van der Waals surface area contributed by atoms with Gasteiger partial charge in [0, 0.05) is 18.7 Å². The summed E-state index contributed by atoms with van der Waals surface area (Å²) in [5, 5.41) is 16.8. The van der Waals surface area contributed by atoms with E-state index in [0.29, 0.717) is 19.4 Å². The highest BCUT2D eigenvalue weighted by Gasteiger charge is 2.29. The number of amides is 4. The molecule has 0 saturated carbocycles. The third-order valence-corrected chi connectivity index (χ3v) is 5.36. The molecule has 0 spiro atoms. The monoisotopic (exact) mass is 533 g/mol. The zero-order valence-electron chi connectivity index (χ0n) is 20.2. The minimum atomic E-state index is -1.23. The average Bonchev–Trinajstić information content (AvgIpc) is 2.81. The number of nitrogens with zero attached hydrogens (tertiary/aromatic N) is 1. The maximum Gasteiger partial charge on any atom is 0.326 e. The largest absolute Gasteiger partial charge is 0.480 e. The molecule has 14 N–H and O–H groups in total. The summed E-state index contributed by atoms with van der Waals surface area (Å²) in [6.07, 6.45) is 1.47. The molecule has 15 nitrogen and oxygen atoms in total. The van der Waals surface area contributed by atoms with Crippen LogP contribution >= 0.6 is 12.6 Å². The maximum absolute atomic E-state index is 12.9. The van der Waals surface area contributed by atoms with Crippen molar-refractivity contribution in [2.45, 2.75) is 69.1 Å². The fourth-order valence-corrected chi connectivity index (χ4v) is 3.23. The number of carboxylic acids is 1. The van der Waals surface area contributed by atoms with Crippen LogP contribution in [-0.4, -0.2) is 83.7 Å². The van der Waals surface area contributed by atoms with Gasteiger partial charge in [-0.05, 0) is 45.1 Å². The third kappa shape index (κ3) is 14.3. The number of nitrogens with two attached hydrogens (primary N) is 5. The lowest BCUT2D eigenvalue weighted by molar-refractivity contribution is -0.142. The van der Waals surface area contributed by atoms with E-state index in [1.807, 2.05) is 0 Å². The normalized spacial score (nSPS) is 14.0. The number of carboxylic acid groups (broad SMARTS) is 1. The Morgan fingerprint density at radius 3 is 1.89 bits per heavy atom. The molecule has 0 heterocycles. The summed E-state index contributed by atoms with van der Waals surface area (Å²) in [7, 11) is 0. The molecule has 0 aromatic carbocycles. The van der Waals surface area contributed by atoms with Gasteiger partial charge in [-0.15, -0.1) is 0 Å². The van der Waals surface area contributed by atoms with E-state index in [4.69, 9.17) is 28.7 Å². The van der Waals surface area contributed by atoms with Gasteiger partial charge in [0.25, 0.3) is 0 Å². The van der Waals surface area contributed by atoms with Gasteiger partial charge in [0.15, 0.2) is 5.96 Å². The first-order valence-corrected chi connectivity index (χ1v) is 12.1. The average molecular weight is 534 g/mol. The van der Waals surface area contributed by atoms with Gasteiger partial charge in [0.05, 0.1) is 6.04 Å². The maximum atomic E-state index is 12.9. The van der Waals surface area contributed by atoms with Crippen LogP contribution in [0.15, 0.2) is 4.99 Å². The molecular weight excluding hydrogens is 494 g/mol. The number of thiol groups is 1. The van der Waals surface area contributed by atoms with Crippen molar-refractivity contribution in [3.8, 4) is 0 Å². The van der Waals surface area contributed by atoms with Gasteiger partial charge in [0.1, 0.15) is 18.1 Å². The van der Waals surface area contributed by atoms with Gasteiger partial charge in [-0.25, -0.2) is 4.79 Å². The van der Waals surface area contributed by atoms with Crippen molar-refractivity contribution in [2.24, 2.45) is 33.7 Å². The molecule has 4 amide bonds. The van der Waals surface area contributed by atoms with E-state index in [2.05, 4.69) is 33.6 Å². The molecule has 16 heteroatoms. The van der Waals surface area contributed by atoms with Crippen LogP contribution in [0.1, 0.15) is 44.9 Å². The molecule has 0 rings (SSSR count). The lowest BCUT2D eigenvalue weighted by atomic mass is 10.1. The van der Waals surface area contributed by atoms with Crippen LogP contribution in [0.25, 0.3) is 0 Å². The molecule has 0 aliphatic rings. The van der Waals surface area contributed by atoms with Crippen molar-refractivity contribution in [3.05, 3.63) is 0 Å². The molecule has 0 saturated heterocycles. The summed E-state index contributed by atoms with van der Waals surface area (Å²) in [5.74, 6) is -4.29. The van der Waals surface area contributed by atoms with Crippen molar-refractivity contribution in [3.63, 3.8) is 0 Å². The first-order chi connectivity index (χ1) is 16.9. The minimum absolute atomic E-state index is 0.0152. The SMILES string of the molecule is NCCCCC(NC(=O)C(CCCN=C(N)N)NC(=O)C(CS)NC(=O)C(N)CCC(N)=O)C(=O)O. The van der Waals surface area contributed by atoms with Gasteiger partial charge in [-0.2, -0.15) is 12.6 Å². The molecule has 36 heavy (non-hydrogen) atoms. The highest BCUT2D eigenvalue weighted by molar-refractivity contribution is 7.80. The second kappa shape index (κ2) is 18.2. The Morgan fingerprint density at radius 2 is 1.36 bits per heavy atom. The van der Waals surface area contributed by atoms with E-state index in [1.165, 1.54) is 0 Å². The number of nitrogens with one attached hydrogen (secondary N) is 3. The number of rotatable bonds is 19. The Kier molecular flexibility index (Phi) is 16.6. The van der Waals surface area contributed by atoms with Gasteiger partial charge in [-0.3, -0.25) is 24.2 Å². The Labute approximate surface area is 215 Å². The van der Waals surface area contributed by atoms with Crippen molar-refractivity contribution in [1.29, 1.82) is 0 Å². The molecule has 4 atom stereocenters. The number of hydrogen-bond donors (Lipinski definition) is 10. The van der Waals surface area contributed by atoms with Crippen molar-refractivity contribution in [2.75, 3.05) is 18.8 Å². The fourth-order valence-electron chi connectivity index (χ4n) is 2.97. The van der Waals surface area contributed by atoms with E-state index in [1.54, 1.807) is 0 Å². The number of primary amides is 1. The number of unbranched alkanes of at least 4 members (excludes halogenated alkanes) is 1. The van der Waals surface area contributed by atoms with Crippen LogP contribution in [-0.2, 0) is 24.0 Å². The van der Waals surface area contributed by atoms with Gasteiger partial charge < -0.3 is 49.7 Å². The summed E-state index contributed by atoms with van der Waals surface area (Å²) in [6.45, 7) is 0.551. The Morgan fingerprint density at radius 1 is 0.806 bits per heavy atom. The lowest BCUT2D eigenvalue weighted by Crippen LogP contribution is -2.57. The van der Waals surface area contributed by atoms with Crippen LogP contribution in [0.4, 0.5) is 0 Å². The summed E-state index contributed by atoms with van der Waals surface area (Å²) < 4.78 is 0. The summed E-state index contributed by atoms with van der Waals surface area (Å²) >= 11 is 4.07. The second-order valence-corrected chi connectivity index (χ2v) is 8.41. The first kappa shape index (κ1) is 32.9. The van der Waals surface area contributed by atoms with Crippen molar-refractivity contribution in [1.82, 2.24) is 16.0 Å². The number of carbonyl (C=O) groups excluding carboxylic acids is 4. The van der Waals surface area contributed by atoms with Gasteiger partial charge in [-0.1, -0.05) is 0 Å². The Hall–Kier alpha value is -3.11. The first-order valence-electron chi connectivity index (χ1n) is 11.5. The molecule has 0 aromatic heterocycles. The molecule has 206 valence electrons. The van der Waals surface area contributed by atoms with Crippen LogP contribution in [0, 0.1) is 0 Å². The van der Waals surface area contributed by atoms with Crippen LogP contribution < -0.4 is 44.6 Å². The highest BCUT2D eigenvalue weighted by atomic mass is 32.1. The second-order valence-electron chi connectivity index (χ2n) is 8.05. The Balaban J connectivity index is 5.36. The van der Waals surface area contributed by atoms with E-state index >= 15 is 0 Å². The van der Waals surface area contributed by atoms with Crippen molar-refractivity contribution < 1.29 is 29.1 Å². The molecule has 0 aliphatic heterocycles. The third-order valence-electron chi connectivity index (χ3n) is 4.99. The van der Waals surface area contributed by atoms with Gasteiger partial charge >= 0.3 is 5.97 Å². The summed E-state index contributed by atoms with van der Waals surface area (Å²) in [4.78, 5) is 64.2. The Bertz CT molecular complexity index is 779. The standard InChI is InChI=1S/C20H39N9O6S/c21-8-2-1-4-13(19(34)35)28-17(32)12(5-3-9-26-20(24)25)27-18(33)14(10-36)29-16(31)11(22)6-7-15(23)30/h11-14,36H,1-10,21-22H2,(H2,23,30)(H,27,33)(H,28,32)(H,29,31)(H,34,35)(H4,24,25,26). The number of carbonyl (C=O) groups is 5. The number of aliphatic imine (C=N–C) groups is 1. The predicted molar refractivity (Wildman–Crippen MR) is 137 cm³/mol. The number of hydrogen-bond acceptors (Lipinski definition) is 9.